The molecule has 3 rings (SSSR count). The minimum Gasteiger partial charge on any atom is -0.478 e. The zero-order valence-corrected chi connectivity index (χ0v) is 11.7. The number of nitrogens with zero attached hydrogens (tertiary/aromatic N) is 1. The fourth-order valence-corrected chi connectivity index (χ4v) is 3.07. The Morgan fingerprint density at radius 1 is 1.35 bits per heavy atom. The van der Waals surface area contributed by atoms with E-state index in [4.69, 9.17) is 26.2 Å². The number of piperidine rings is 1. The molecule has 0 saturated carbocycles. The molecule has 2 fully saturated rings. The van der Waals surface area contributed by atoms with Gasteiger partial charge in [-0.25, -0.2) is 4.79 Å². The summed E-state index contributed by atoms with van der Waals surface area (Å²) in [5, 5.41) is 9.25. The number of carboxylic acids is 1. The third kappa shape index (κ3) is 2.49. The number of rotatable bonds is 2. The quantitative estimate of drug-likeness (QED) is 0.908. The lowest BCUT2D eigenvalue weighted by Crippen LogP contribution is -2.49. The first kappa shape index (κ1) is 13.7. The van der Waals surface area contributed by atoms with Crippen molar-refractivity contribution in [3.8, 4) is 0 Å². The van der Waals surface area contributed by atoms with E-state index in [0.29, 0.717) is 19.8 Å². The van der Waals surface area contributed by atoms with Crippen LogP contribution in [-0.4, -0.2) is 43.2 Å². The predicted octanol–water partition coefficient (Wildman–Crippen LogP) is 2.38. The molecule has 1 N–H and O–H groups in total. The summed E-state index contributed by atoms with van der Waals surface area (Å²) in [6, 6.07) is 5.01. The van der Waals surface area contributed by atoms with Gasteiger partial charge in [0.05, 0.1) is 30.3 Å². The Labute approximate surface area is 122 Å². The van der Waals surface area contributed by atoms with E-state index in [1.807, 2.05) is 0 Å². The third-order valence-corrected chi connectivity index (χ3v) is 4.09. The van der Waals surface area contributed by atoms with Crippen LogP contribution in [0.15, 0.2) is 18.2 Å². The molecule has 0 aliphatic carbocycles. The van der Waals surface area contributed by atoms with Gasteiger partial charge in [0.2, 0.25) is 0 Å². The molecular weight excluding hydrogens is 282 g/mol. The molecule has 0 unspecified atom stereocenters. The number of halogens is 1. The maximum absolute atomic E-state index is 11.0. The van der Waals surface area contributed by atoms with Crippen molar-refractivity contribution < 1.29 is 19.4 Å². The highest BCUT2D eigenvalue weighted by Crippen LogP contribution is 2.33. The summed E-state index contributed by atoms with van der Waals surface area (Å²) in [4.78, 5) is 13.1. The average Bonchev–Trinajstić information content (AvgIpc) is 2.86. The molecule has 6 heteroatoms. The van der Waals surface area contributed by atoms with Gasteiger partial charge in [0.25, 0.3) is 0 Å². The molecule has 0 radical (unpaired) electrons. The Hall–Kier alpha value is -1.30. The lowest BCUT2D eigenvalue weighted by molar-refractivity contribution is -0.161. The molecule has 5 nitrogen and oxygen atoms in total. The second kappa shape index (κ2) is 5.24. The van der Waals surface area contributed by atoms with Crippen LogP contribution in [0.5, 0.6) is 0 Å². The van der Waals surface area contributed by atoms with Gasteiger partial charge in [0.15, 0.2) is 5.79 Å². The Morgan fingerprint density at radius 3 is 2.75 bits per heavy atom. The summed E-state index contributed by atoms with van der Waals surface area (Å²) >= 11 is 6.02. The van der Waals surface area contributed by atoms with E-state index in [9.17, 15) is 4.79 Å². The zero-order valence-electron chi connectivity index (χ0n) is 11.0. The van der Waals surface area contributed by atoms with Crippen molar-refractivity contribution in [2.75, 3.05) is 31.2 Å². The summed E-state index contributed by atoms with van der Waals surface area (Å²) < 4.78 is 11.5. The number of aromatic carboxylic acids is 1. The molecule has 20 heavy (non-hydrogen) atoms. The molecule has 0 bridgehead atoms. The molecule has 1 aromatic carbocycles. The van der Waals surface area contributed by atoms with E-state index in [2.05, 4.69) is 4.90 Å². The number of ether oxygens (including phenoxy) is 2. The first-order chi connectivity index (χ1) is 9.60. The van der Waals surface area contributed by atoms with Gasteiger partial charge in [0.1, 0.15) is 0 Å². The lowest BCUT2D eigenvalue weighted by Gasteiger charge is -2.39. The summed E-state index contributed by atoms with van der Waals surface area (Å²) in [7, 11) is 0. The van der Waals surface area contributed by atoms with Crippen molar-refractivity contribution in [1.29, 1.82) is 0 Å². The standard InChI is InChI=1S/C14H16ClNO4/c15-12-8-10(2-3-11(12)13(17)18)16-5-1-4-14(9-16)19-6-7-20-14/h2-3,8H,1,4-7,9H2,(H,17,18). The molecule has 2 aliphatic heterocycles. The fraction of sp³-hybridized carbons (Fsp3) is 0.500. The monoisotopic (exact) mass is 297 g/mol. The summed E-state index contributed by atoms with van der Waals surface area (Å²) in [5.41, 5.74) is 1.02. The van der Waals surface area contributed by atoms with Crippen LogP contribution in [0.25, 0.3) is 0 Å². The minimum absolute atomic E-state index is 0.121. The highest BCUT2D eigenvalue weighted by molar-refractivity contribution is 6.33. The second-order valence-electron chi connectivity index (χ2n) is 5.10. The smallest absolute Gasteiger partial charge is 0.337 e. The Morgan fingerprint density at radius 2 is 2.10 bits per heavy atom. The number of hydrogen-bond donors (Lipinski definition) is 1. The van der Waals surface area contributed by atoms with Crippen molar-refractivity contribution in [2.45, 2.75) is 18.6 Å². The third-order valence-electron chi connectivity index (χ3n) is 3.78. The van der Waals surface area contributed by atoms with Gasteiger partial charge < -0.3 is 19.5 Å². The van der Waals surface area contributed by atoms with Crippen LogP contribution in [0.4, 0.5) is 5.69 Å². The van der Waals surface area contributed by atoms with Gasteiger partial charge >= 0.3 is 5.97 Å². The van der Waals surface area contributed by atoms with Gasteiger partial charge in [-0.2, -0.15) is 0 Å². The molecule has 1 spiro atoms. The normalized spacial score (nSPS) is 21.4. The van der Waals surface area contributed by atoms with Crippen molar-refractivity contribution in [3.05, 3.63) is 28.8 Å². The lowest BCUT2D eigenvalue weighted by atomic mass is 10.0. The van der Waals surface area contributed by atoms with Crippen LogP contribution in [-0.2, 0) is 9.47 Å². The minimum atomic E-state index is -1.01. The van der Waals surface area contributed by atoms with Crippen molar-refractivity contribution >= 4 is 23.3 Å². The van der Waals surface area contributed by atoms with Gasteiger partial charge in [0, 0.05) is 18.7 Å². The van der Waals surface area contributed by atoms with E-state index in [0.717, 1.165) is 25.1 Å². The molecule has 1 aromatic rings. The van der Waals surface area contributed by atoms with Crippen LogP contribution >= 0.6 is 11.6 Å². The molecule has 0 aromatic heterocycles. The van der Waals surface area contributed by atoms with Gasteiger partial charge in [-0.05, 0) is 24.6 Å². The zero-order chi connectivity index (χ0) is 14.2. The Bertz CT molecular complexity index is 528. The molecule has 2 saturated heterocycles. The molecule has 0 amide bonds. The molecule has 2 heterocycles. The van der Waals surface area contributed by atoms with Crippen molar-refractivity contribution in [1.82, 2.24) is 0 Å². The highest BCUT2D eigenvalue weighted by atomic mass is 35.5. The van der Waals surface area contributed by atoms with E-state index < -0.39 is 11.8 Å². The van der Waals surface area contributed by atoms with Crippen LogP contribution < -0.4 is 4.90 Å². The summed E-state index contributed by atoms with van der Waals surface area (Å²) in [6.45, 7) is 2.80. The van der Waals surface area contributed by atoms with E-state index in [1.54, 1.807) is 12.1 Å². The first-order valence-corrected chi connectivity index (χ1v) is 7.03. The summed E-state index contributed by atoms with van der Waals surface area (Å²) in [5.74, 6) is -1.52. The van der Waals surface area contributed by atoms with E-state index >= 15 is 0 Å². The molecule has 0 atom stereocenters. The van der Waals surface area contributed by atoms with E-state index in [1.165, 1.54) is 6.07 Å². The van der Waals surface area contributed by atoms with Gasteiger partial charge in [-0.1, -0.05) is 11.6 Å². The number of carbonyl (C=O) groups is 1. The Balaban J connectivity index is 1.82. The van der Waals surface area contributed by atoms with Crippen LogP contribution in [0, 0.1) is 0 Å². The molecule has 108 valence electrons. The molecular formula is C14H16ClNO4. The average molecular weight is 298 g/mol. The van der Waals surface area contributed by atoms with Crippen LogP contribution in [0.2, 0.25) is 5.02 Å². The van der Waals surface area contributed by atoms with Crippen molar-refractivity contribution in [3.63, 3.8) is 0 Å². The number of carboxylic acid groups (broad SMARTS) is 1. The topological polar surface area (TPSA) is 59.0 Å². The predicted molar refractivity (Wildman–Crippen MR) is 74.5 cm³/mol. The maximum Gasteiger partial charge on any atom is 0.337 e. The largest absolute Gasteiger partial charge is 0.478 e. The number of benzene rings is 1. The number of anilines is 1. The van der Waals surface area contributed by atoms with Crippen LogP contribution in [0.1, 0.15) is 23.2 Å². The fourth-order valence-electron chi connectivity index (χ4n) is 2.82. The first-order valence-electron chi connectivity index (χ1n) is 6.65. The van der Waals surface area contributed by atoms with E-state index in [-0.39, 0.29) is 10.6 Å². The molecule has 2 aliphatic rings. The summed E-state index contributed by atoms with van der Waals surface area (Å²) in [6.07, 6.45) is 1.86. The van der Waals surface area contributed by atoms with Crippen LogP contribution in [0.3, 0.4) is 0 Å². The Kier molecular flexibility index (Phi) is 3.58. The van der Waals surface area contributed by atoms with Gasteiger partial charge in [-0.3, -0.25) is 0 Å². The maximum atomic E-state index is 11.0. The number of hydrogen-bond acceptors (Lipinski definition) is 4. The van der Waals surface area contributed by atoms with Crippen molar-refractivity contribution in [2.24, 2.45) is 0 Å². The second-order valence-corrected chi connectivity index (χ2v) is 5.51. The SMILES string of the molecule is O=C(O)c1ccc(N2CCCC3(C2)OCCO3)cc1Cl. The highest BCUT2D eigenvalue weighted by Gasteiger charge is 2.40. The van der Waals surface area contributed by atoms with Gasteiger partial charge in [-0.15, -0.1) is 0 Å².